The van der Waals surface area contributed by atoms with E-state index in [1.807, 2.05) is 30.3 Å². The molecule has 0 bridgehead atoms. The molecule has 2 aromatic rings. The van der Waals surface area contributed by atoms with Crippen molar-refractivity contribution in [1.29, 1.82) is 0 Å². The van der Waals surface area contributed by atoms with Gasteiger partial charge in [-0.25, -0.2) is 0 Å². The average Bonchev–Trinajstić information content (AvgIpc) is 2.65. The van der Waals surface area contributed by atoms with Gasteiger partial charge in [0.15, 0.2) is 5.96 Å². The summed E-state index contributed by atoms with van der Waals surface area (Å²) in [5, 5.41) is 17.2. The number of hydrogen-bond donors (Lipinski definition) is 2. The Morgan fingerprint density at radius 1 is 1.16 bits per heavy atom. The molecule has 0 aliphatic heterocycles. The number of nitrogens with one attached hydrogen (secondary N) is 2. The van der Waals surface area contributed by atoms with Gasteiger partial charge in [-0.3, -0.25) is 15.1 Å². The molecule has 0 aliphatic carbocycles. The molecule has 0 spiro atoms. The van der Waals surface area contributed by atoms with Crippen molar-refractivity contribution in [1.82, 2.24) is 10.6 Å². The summed E-state index contributed by atoms with van der Waals surface area (Å²) < 4.78 is 5.14. The van der Waals surface area contributed by atoms with Crippen LogP contribution in [0, 0.1) is 10.1 Å². The summed E-state index contributed by atoms with van der Waals surface area (Å²) in [6.45, 7) is 1.19. The number of hydrogen-bond acceptors (Lipinski definition) is 4. The van der Waals surface area contributed by atoms with Gasteiger partial charge in [-0.05, 0) is 29.7 Å². The normalized spacial score (nSPS) is 11.0. The molecule has 0 amide bonds. The fourth-order valence-corrected chi connectivity index (χ4v) is 2.30. The fraction of sp³-hybridized carbons (Fsp3) is 0.278. The molecule has 25 heavy (non-hydrogen) atoms. The highest BCUT2D eigenvalue weighted by molar-refractivity contribution is 5.79. The summed E-state index contributed by atoms with van der Waals surface area (Å²) in [4.78, 5) is 14.6. The predicted octanol–water partition coefficient (Wildman–Crippen LogP) is 2.51. The maximum atomic E-state index is 10.8. The zero-order valence-corrected chi connectivity index (χ0v) is 14.4. The van der Waals surface area contributed by atoms with Gasteiger partial charge in [-0.1, -0.05) is 24.3 Å². The maximum Gasteiger partial charge on any atom is 0.269 e. The average molecular weight is 342 g/mol. The number of rotatable bonds is 7. The lowest BCUT2D eigenvalue weighted by atomic mass is 10.1. The van der Waals surface area contributed by atoms with Crippen LogP contribution >= 0.6 is 0 Å². The van der Waals surface area contributed by atoms with E-state index in [2.05, 4.69) is 15.6 Å². The molecule has 132 valence electrons. The first-order valence-electron chi connectivity index (χ1n) is 7.93. The maximum absolute atomic E-state index is 10.8. The molecule has 0 unspecified atom stereocenters. The zero-order chi connectivity index (χ0) is 18.1. The third-order valence-corrected chi connectivity index (χ3v) is 3.67. The monoisotopic (exact) mass is 342 g/mol. The molecule has 0 saturated heterocycles. The van der Waals surface area contributed by atoms with Crippen molar-refractivity contribution in [3.05, 3.63) is 69.8 Å². The molecule has 0 fully saturated rings. The van der Waals surface area contributed by atoms with Crippen LogP contribution in [0.1, 0.15) is 11.1 Å². The predicted molar refractivity (Wildman–Crippen MR) is 98.0 cm³/mol. The number of ether oxygens (including phenoxy) is 1. The molecule has 2 aromatic carbocycles. The Bertz CT molecular complexity index is 729. The smallest absolute Gasteiger partial charge is 0.269 e. The second kappa shape index (κ2) is 9.27. The summed E-state index contributed by atoms with van der Waals surface area (Å²) in [5.74, 6) is 1.49. The molecule has 7 heteroatoms. The summed E-state index contributed by atoms with van der Waals surface area (Å²) in [6, 6.07) is 14.5. The Hall–Kier alpha value is -3.09. The van der Waals surface area contributed by atoms with Gasteiger partial charge in [0.05, 0.1) is 12.0 Å². The number of nitrogens with zero attached hydrogens (tertiary/aromatic N) is 2. The third-order valence-electron chi connectivity index (χ3n) is 3.67. The van der Waals surface area contributed by atoms with Gasteiger partial charge in [0.25, 0.3) is 5.69 Å². The Morgan fingerprint density at radius 3 is 2.56 bits per heavy atom. The van der Waals surface area contributed by atoms with Crippen molar-refractivity contribution in [2.45, 2.75) is 13.0 Å². The largest absolute Gasteiger partial charge is 0.497 e. The van der Waals surface area contributed by atoms with E-state index in [-0.39, 0.29) is 5.69 Å². The molecular formula is C18H22N4O3. The fourth-order valence-electron chi connectivity index (χ4n) is 2.30. The Balaban J connectivity index is 1.80. The van der Waals surface area contributed by atoms with Crippen molar-refractivity contribution < 1.29 is 9.66 Å². The van der Waals surface area contributed by atoms with Crippen molar-refractivity contribution in [2.75, 3.05) is 20.7 Å². The van der Waals surface area contributed by atoms with E-state index in [0.29, 0.717) is 12.5 Å². The number of non-ortho nitro benzene ring substituents is 1. The third kappa shape index (κ3) is 5.80. The Labute approximate surface area is 146 Å². The highest BCUT2D eigenvalue weighted by atomic mass is 16.6. The minimum absolute atomic E-state index is 0.0850. The summed E-state index contributed by atoms with van der Waals surface area (Å²) in [6.07, 6.45) is 0.849. The molecule has 0 radical (unpaired) electrons. The lowest BCUT2D eigenvalue weighted by molar-refractivity contribution is -0.384. The number of methoxy groups -OCH3 is 1. The first-order chi connectivity index (χ1) is 12.1. The van der Waals surface area contributed by atoms with Gasteiger partial charge in [0.2, 0.25) is 0 Å². The lowest BCUT2D eigenvalue weighted by Crippen LogP contribution is -2.37. The molecule has 0 atom stereocenters. The minimum atomic E-state index is -0.397. The second-order valence-electron chi connectivity index (χ2n) is 5.38. The van der Waals surface area contributed by atoms with Crippen LogP contribution in [0.5, 0.6) is 5.75 Å². The van der Waals surface area contributed by atoms with E-state index in [0.717, 1.165) is 24.3 Å². The van der Waals surface area contributed by atoms with Crippen LogP contribution in [0.15, 0.2) is 53.5 Å². The van der Waals surface area contributed by atoms with Gasteiger partial charge < -0.3 is 15.4 Å². The number of benzene rings is 2. The van der Waals surface area contributed by atoms with E-state index in [1.54, 1.807) is 26.3 Å². The van der Waals surface area contributed by atoms with E-state index in [9.17, 15) is 10.1 Å². The van der Waals surface area contributed by atoms with Crippen LogP contribution in [-0.4, -0.2) is 31.6 Å². The standard InChI is InChI=1S/C18H22N4O3/c1-19-18(20-11-10-14-6-8-17(25-2)9-7-14)21-13-15-4-3-5-16(12-15)22(23)24/h3-9,12H,10-11,13H2,1-2H3,(H2,19,20,21). The van der Waals surface area contributed by atoms with Crippen molar-refractivity contribution >= 4 is 11.6 Å². The van der Waals surface area contributed by atoms with Gasteiger partial charge in [-0.15, -0.1) is 0 Å². The minimum Gasteiger partial charge on any atom is -0.497 e. The Morgan fingerprint density at radius 2 is 1.92 bits per heavy atom. The molecule has 0 saturated carbocycles. The molecule has 0 aromatic heterocycles. The van der Waals surface area contributed by atoms with Crippen LogP contribution in [0.25, 0.3) is 0 Å². The van der Waals surface area contributed by atoms with Gasteiger partial charge in [-0.2, -0.15) is 0 Å². The summed E-state index contributed by atoms with van der Waals surface area (Å²) in [5.41, 5.74) is 2.11. The van der Waals surface area contributed by atoms with E-state index < -0.39 is 4.92 Å². The van der Waals surface area contributed by atoms with Gasteiger partial charge >= 0.3 is 0 Å². The SMILES string of the molecule is CN=C(NCCc1ccc(OC)cc1)NCc1cccc([N+](=O)[O-])c1. The molecule has 0 aliphatic rings. The zero-order valence-electron chi connectivity index (χ0n) is 14.4. The molecule has 2 rings (SSSR count). The number of nitro groups is 1. The lowest BCUT2D eigenvalue weighted by Gasteiger charge is -2.12. The van der Waals surface area contributed by atoms with Crippen LogP contribution < -0.4 is 15.4 Å². The van der Waals surface area contributed by atoms with Crippen molar-refractivity contribution in [3.63, 3.8) is 0 Å². The van der Waals surface area contributed by atoms with Gasteiger partial charge in [0, 0.05) is 32.3 Å². The van der Waals surface area contributed by atoms with E-state index in [1.165, 1.54) is 11.6 Å². The first-order valence-corrected chi connectivity index (χ1v) is 7.93. The first kappa shape index (κ1) is 18.3. The topological polar surface area (TPSA) is 88.8 Å². The second-order valence-corrected chi connectivity index (χ2v) is 5.38. The van der Waals surface area contributed by atoms with E-state index >= 15 is 0 Å². The Kier molecular flexibility index (Phi) is 6.76. The van der Waals surface area contributed by atoms with Crippen LogP contribution in [0.4, 0.5) is 5.69 Å². The molecular weight excluding hydrogens is 320 g/mol. The van der Waals surface area contributed by atoms with Crippen LogP contribution in [-0.2, 0) is 13.0 Å². The van der Waals surface area contributed by atoms with E-state index in [4.69, 9.17) is 4.74 Å². The highest BCUT2D eigenvalue weighted by Gasteiger charge is 2.06. The molecule has 2 N–H and O–H groups in total. The van der Waals surface area contributed by atoms with Crippen molar-refractivity contribution in [3.8, 4) is 5.75 Å². The van der Waals surface area contributed by atoms with Gasteiger partial charge in [0.1, 0.15) is 5.75 Å². The molecule has 7 nitrogen and oxygen atoms in total. The quantitative estimate of drug-likeness (QED) is 0.349. The number of guanidine groups is 1. The summed E-state index contributed by atoms with van der Waals surface area (Å²) >= 11 is 0. The number of aliphatic imine (C=N–C) groups is 1. The number of nitro benzene ring substituents is 1. The van der Waals surface area contributed by atoms with Crippen LogP contribution in [0.3, 0.4) is 0 Å². The molecule has 0 heterocycles. The van der Waals surface area contributed by atoms with Crippen LogP contribution in [0.2, 0.25) is 0 Å². The highest BCUT2D eigenvalue weighted by Crippen LogP contribution is 2.13. The van der Waals surface area contributed by atoms with Crippen molar-refractivity contribution in [2.24, 2.45) is 4.99 Å². The summed E-state index contributed by atoms with van der Waals surface area (Å²) in [7, 11) is 3.34.